The van der Waals surface area contributed by atoms with Gasteiger partial charge in [-0.3, -0.25) is 18.7 Å². The van der Waals surface area contributed by atoms with Crippen molar-refractivity contribution < 1.29 is 82.9 Å². The maximum Gasteiger partial charge on any atom is 0.333 e. The van der Waals surface area contributed by atoms with Crippen LogP contribution in [-0.2, 0) is 73.3 Å². The Balaban J connectivity index is 1.09. The fraction of sp³-hybridized carbons (Fsp3) is 0.458. The zero-order chi connectivity index (χ0) is 58.2. The van der Waals surface area contributed by atoms with Gasteiger partial charge < -0.3 is 42.9 Å². The second kappa shape index (κ2) is 28.7. The summed E-state index contributed by atoms with van der Waals surface area (Å²) in [5, 5.41) is 0.478. The number of anilines is 1. The first-order valence-electron chi connectivity index (χ1n) is 27.0. The Kier molecular flexibility index (Phi) is 22.1. The van der Waals surface area contributed by atoms with Gasteiger partial charge in [-0.1, -0.05) is 60.7 Å². The Morgan fingerprint density at radius 1 is 0.765 bits per heavy atom. The number of carbonyl (C=O) groups is 3. The molecule has 438 valence electrons. The summed E-state index contributed by atoms with van der Waals surface area (Å²) in [5.74, 6) is -1.28. The van der Waals surface area contributed by atoms with Gasteiger partial charge in [0.25, 0.3) is 32.1 Å². The lowest BCUT2D eigenvalue weighted by Gasteiger charge is -2.44. The van der Waals surface area contributed by atoms with Crippen molar-refractivity contribution in [3.05, 3.63) is 125 Å². The molecule has 3 aromatic carbocycles. The lowest BCUT2D eigenvalue weighted by Crippen LogP contribution is -2.46. The predicted octanol–water partition coefficient (Wildman–Crippen LogP) is 7.71. The fourth-order valence-corrected chi connectivity index (χ4v) is 11.2. The number of hydrogen-bond donors (Lipinski definition) is 2. The van der Waals surface area contributed by atoms with Crippen molar-refractivity contribution in [1.29, 1.82) is 0 Å². The molecular formula is C59H74N3O17S2+. The van der Waals surface area contributed by atoms with E-state index in [-0.39, 0.29) is 55.5 Å². The van der Waals surface area contributed by atoms with E-state index >= 15 is 0 Å². The summed E-state index contributed by atoms with van der Waals surface area (Å²) in [6.45, 7) is 14.2. The summed E-state index contributed by atoms with van der Waals surface area (Å²) in [7, 11) is -7.38. The molecule has 1 unspecified atom stereocenters. The number of methoxy groups -OCH3 is 1. The molecule has 22 heteroatoms. The Morgan fingerprint density at radius 2 is 1.40 bits per heavy atom. The smallest absolute Gasteiger partial charge is 0.333 e. The van der Waals surface area contributed by atoms with Crippen LogP contribution in [0.15, 0.2) is 108 Å². The number of carbonyl (C=O) groups excluding carboxylic acids is 3. The van der Waals surface area contributed by atoms with Crippen LogP contribution in [0.1, 0.15) is 88.5 Å². The molecule has 3 aromatic rings. The van der Waals surface area contributed by atoms with Crippen molar-refractivity contribution in [2.24, 2.45) is 0 Å². The normalized spacial score (nSPS) is 18.4. The number of ether oxygens (including phenoxy) is 7. The van der Waals surface area contributed by atoms with E-state index in [0.717, 1.165) is 33.5 Å². The largest absolute Gasteiger partial charge is 0.456 e. The molecule has 4 aliphatic rings. The first kappa shape index (κ1) is 62.4. The average molecular weight is 1160 g/mol. The van der Waals surface area contributed by atoms with Gasteiger partial charge in [-0.25, -0.2) is 4.79 Å². The first-order chi connectivity index (χ1) is 38.7. The SMILES string of the molecule is COCCOCCOCCOCCOCCOCCN1c2cc3c(cc2C(C)=CC1(C)C)/C(=C/C=C/C=C/C1=[N+](CCCS(=O)(=O)O)c2ccc(S(=O)(=O)O)cc2C1(C)CCCC(=O)ON1C(=O)CCC1=O)C=C(c1ccccc1)O3. The number of imide groups is 1. The van der Waals surface area contributed by atoms with Gasteiger partial charge in [-0.15, -0.1) is 5.06 Å². The summed E-state index contributed by atoms with van der Waals surface area (Å²) in [5.41, 5.74) is 5.97. The Bertz CT molecular complexity index is 3150. The van der Waals surface area contributed by atoms with Gasteiger partial charge in [0.05, 0.1) is 94.3 Å². The Labute approximate surface area is 474 Å². The van der Waals surface area contributed by atoms with Crippen LogP contribution < -0.4 is 9.64 Å². The molecule has 0 saturated carbocycles. The second-order valence-corrected chi connectivity index (χ2v) is 23.5. The van der Waals surface area contributed by atoms with E-state index in [4.69, 9.17) is 38.0 Å². The van der Waals surface area contributed by atoms with Crippen LogP contribution in [0.25, 0.3) is 16.9 Å². The number of hydrogen-bond acceptors (Lipinski definition) is 16. The molecule has 1 fully saturated rings. The summed E-state index contributed by atoms with van der Waals surface area (Å²) in [6, 6.07) is 18.2. The maximum atomic E-state index is 13.0. The van der Waals surface area contributed by atoms with Crippen LogP contribution in [0.3, 0.4) is 0 Å². The van der Waals surface area contributed by atoms with Crippen molar-refractivity contribution in [2.45, 2.75) is 82.1 Å². The summed E-state index contributed by atoms with van der Waals surface area (Å²) >= 11 is 0. The highest BCUT2D eigenvalue weighted by Gasteiger charge is 2.48. The van der Waals surface area contributed by atoms with Gasteiger partial charge in [0, 0.05) is 85.5 Å². The summed E-state index contributed by atoms with van der Waals surface area (Å²) in [4.78, 5) is 44.3. The minimum atomic E-state index is -4.67. The zero-order valence-corrected chi connectivity index (χ0v) is 48.3. The summed E-state index contributed by atoms with van der Waals surface area (Å²) in [6.07, 6.45) is 13.5. The average Bonchev–Trinajstić information content (AvgIpc) is 4.06. The van der Waals surface area contributed by atoms with Gasteiger partial charge in [-0.05, 0) is 76.0 Å². The van der Waals surface area contributed by atoms with E-state index in [2.05, 4.69) is 43.9 Å². The fourth-order valence-electron chi connectivity index (χ4n) is 10.2. The molecule has 0 aliphatic carbocycles. The molecule has 1 atom stereocenters. The number of allylic oxidation sites excluding steroid dienone is 8. The molecule has 7 rings (SSSR count). The van der Waals surface area contributed by atoms with Crippen molar-refractivity contribution >= 4 is 72.0 Å². The van der Waals surface area contributed by atoms with Crippen LogP contribution in [0.5, 0.6) is 5.75 Å². The molecule has 0 aromatic heterocycles. The van der Waals surface area contributed by atoms with Crippen molar-refractivity contribution in [1.82, 2.24) is 5.06 Å². The molecule has 1 saturated heterocycles. The van der Waals surface area contributed by atoms with E-state index < -0.39 is 49.2 Å². The third-order valence-electron chi connectivity index (χ3n) is 14.1. The van der Waals surface area contributed by atoms with E-state index in [0.29, 0.717) is 113 Å². The van der Waals surface area contributed by atoms with Crippen molar-refractivity contribution in [3.63, 3.8) is 0 Å². The van der Waals surface area contributed by atoms with E-state index in [1.807, 2.05) is 72.2 Å². The predicted molar refractivity (Wildman–Crippen MR) is 304 cm³/mol. The van der Waals surface area contributed by atoms with Crippen molar-refractivity contribution in [3.8, 4) is 5.75 Å². The highest BCUT2D eigenvalue weighted by Crippen LogP contribution is 2.47. The van der Waals surface area contributed by atoms with Gasteiger partial charge in [0.15, 0.2) is 5.71 Å². The molecule has 4 heterocycles. The molecule has 0 radical (unpaired) electrons. The lowest BCUT2D eigenvalue weighted by atomic mass is 9.75. The second-order valence-electron chi connectivity index (χ2n) is 20.5. The Hall–Kier alpha value is -6.18. The molecule has 81 heavy (non-hydrogen) atoms. The highest BCUT2D eigenvalue weighted by molar-refractivity contribution is 7.86. The third kappa shape index (κ3) is 17.0. The first-order valence-corrected chi connectivity index (χ1v) is 30.1. The third-order valence-corrected chi connectivity index (χ3v) is 15.8. The van der Waals surface area contributed by atoms with Crippen LogP contribution in [-0.4, -0.2) is 163 Å². The van der Waals surface area contributed by atoms with Gasteiger partial charge in [-0.2, -0.15) is 21.4 Å². The molecule has 4 aliphatic heterocycles. The molecule has 2 amide bonds. The minimum absolute atomic E-state index is 0.00447. The molecule has 2 N–H and O–H groups in total. The maximum absolute atomic E-state index is 13.0. The Morgan fingerprint density at radius 3 is 2.01 bits per heavy atom. The van der Waals surface area contributed by atoms with Crippen LogP contribution in [0.4, 0.5) is 11.4 Å². The highest BCUT2D eigenvalue weighted by atomic mass is 32.2. The number of hydroxylamine groups is 2. The molecule has 0 spiro atoms. The molecular weight excluding hydrogens is 1090 g/mol. The van der Waals surface area contributed by atoms with E-state index in [1.165, 1.54) is 18.2 Å². The monoisotopic (exact) mass is 1160 g/mol. The minimum Gasteiger partial charge on any atom is -0.456 e. The van der Waals surface area contributed by atoms with Gasteiger partial charge in [0.2, 0.25) is 5.69 Å². The number of benzene rings is 3. The van der Waals surface area contributed by atoms with Crippen molar-refractivity contribution in [2.75, 3.05) is 104 Å². The topological polar surface area (TPSA) is 243 Å². The summed E-state index contributed by atoms with van der Waals surface area (Å²) < 4.78 is 110. The quantitative estimate of drug-likeness (QED) is 0.0200. The number of amides is 2. The number of rotatable bonds is 32. The van der Waals surface area contributed by atoms with E-state index in [1.54, 1.807) is 13.2 Å². The standard InChI is InChI=1S/C59H73N3O17S2/c1-43-42-58(2,3)61(25-26-73-29-30-75-33-34-77-36-35-76-32-31-74-28-27-72-5)51-41-53-48(40-47(43)51)45(38-52(78-53)44-14-8-6-9-15-44)16-10-7-11-17-54-59(4,23-12-18-57(65)79-62-55(63)21-22-56(62)64)49-39-46(81(69,70)71)19-20-50(49)60(54)24-13-37-80(66,67)68/h6-11,14-17,19-20,38-42H,12-13,18,21-37H2,1-5H3,(H-,66,67,68,69,70,71)/p+1. The molecule has 20 nitrogen and oxygen atoms in total. The lowest BCUT2D eigenvalue weighted by molar-refractivity contribution is -0.437. The number of nitrogens with zero attached hydrogens (tertiary/aromatic N) is 3. The molecule has 0 bridgehead atoms. The van der Waals surface area contributed by atoms with Gasteiger partial charge in [0.1, 0.15) is 18.1 Å². The van der Waals surface area contributed by atoms with Crippen LogP contribution in [0.2, 0.25) is 0 Å². The van der Waals surface area contributed by atoms with Gasteiger partial charge >= 0.3 is 5.97 Å². The zero-order valence-electron chi connectivity index (χ0n) is 46.6. The van der Waals surface area contributed by atoms with E-state index in [9.17, 15) is 40.3 Å². The number of fused-ring (bicyclic) bond motifs is 3. The van der Waals surface area contributed by atoms with Crippen LogP contribution in [0, 0.1) is 0 Å². The van der Waals surface area contributed by atoms with Crippen LogP contribution >= 0.6 is 0 Å².